The lowest BCUT2D eigenvalue weighted by molar-refractivity contribution is 0.190. The summed E-state index contributed by atoms with van der Waals surface area (Å²) in [7, 11) is -1.62. The van der Waals surface area contributed by atoms with Crippen molar-refractivity contribution in [1.29, 1.82) is 0 Å². The highest BCUT2D eigenvalue weighted by Gasteiger charge is 2.15. The van der Waals surface area contributed by atoms with Gasteiger partial charge in [-0.2, -0.15) is 0 Å². The number of rotatable bonds is 5. The first-order valence-corrected chi connectivity index (χ1v) is 8.15. The lowest BCUT2D eigenvalue weighted by Gasteiger charge is -2.05. The van der Waals surface area contributed by atoms with Gasteiger partial charge >= 0.3 is 0 Å². The lowest BCUT2D eigenvalue weighted by Crippen LogP contribution is -2.02. The second kappa shape index (κ2) is 5.44. The minimum Gasteiger partial charge on any atom is -0.385 e. The van der Waals surface area contributed by atoms with Crippen LogP contribution >= 0.6 is 12.2 Å². The first-order chi connectivity index (χ1) is 8.95. The molecule has 0 aliphatic rings. The summed E-state index contributed by atoms with van der Waals surface area (Å²) in [5.41, 5.74) is 1.39. The van der Waals surface area contributed by atoms with Crippen LogP contribution in [-0.2, 0) is 21.1 Å². The predicted octanol–water partition coefficient (Wildman–Crippen LogP) is 2.14. The molecule has 0 radical (unpaired) electrons. The van der Waals surface area contributed by atoms with Crippen LogP contribution in [0.4, 0.5) is 0 Å². The normalized spacial score (nSPS) is 12.1. The minimum atomic E-state index is -3.27. The molecule has 104 valence electrons. The molecule has 19 heavy (non-hydrogen) atoms. The average molecular weight is 300 g/mol. The van der Waals surface area contributed by atoms with Gasteiger partial charge in [0.15, 0.2) is 14.6 Å². The highest BCUT2D eigenvalue weighted by molar-refractivity contribution is 7.91. The van der Waals surface area contributed by atoms with Gasteiger partial charge in [-0.05, 0) is 30.8 Å². The van der Waals surface area contributed by atoms with E-state index in [1.54, 1.807) is 19.2 Å². The van der Waals surface area contributed by atoms with Gasteiger partial charge in [0, 0.05) is 26.5 Å². The molecule has 0 atom stereocenters. The van der Waals surface area contributed by atoms with E-state index in [4.69, 9.17) is 17.0 Å². The van der Waals surface area contributed by atoms with Crippen molar-refractivity contribution in [2.45, 2.75) is 17.9 Å². The zero-order chi connectivity index (χ0) is 14.0. The predicted molar refractivity (Wildman–Crippen MR) is 76.7 cm³/mol. The summed E-state index contributed by atoms with van der Waals surface area (Å²) >= 11 is 5.26. The molecular formula is C12H16N2O3S2. The third-order valence-corrected chi connectivity index (χ3v) is 4.36. The molecular weight excluding hydrogens is 284 g/mol. The molecule has 0 fully saturated rings. The fourth-order valence-corrected chi connectivity index (χ4v) is 3.20. The highest BCUT2D eigenvalue weighted by atomic mass is 32.2. The van der Waals surface area contributed by atoms with E-state index in [1.165, 1.54) is 6.26 Å². The number of ether oxygens (including phenoxy) is 1. The van der Waals surface area contributed by atoms with Crippen LogP contribution in [0.15, 0.2) is 23.1 Å². The second-order valence-corrected chi connectivity index (χ2v) is 6.72. The Bertz CT molecular complexity index is 744. The van der Waals surface area contributed by atoms with Crippen LogP contribution < -0.4 is 0 Å². The number of benzene rings is 1. The van der Waals surface area contributed by atoms with Crippen LogP contribution in [-0.4, -0.2) is 37.9 Å². The first kappa shape index (κ1) is 14.2. The van der Waals surface area contributed by atoms with E-state index >= 15 is 0 Å². The largest absolute Gasteiger partial charge is 0.385 e. The van der Waals surface area contributed by atoms with Gasteiger partial charge in [-0.25, -0.2) is 8.42 Å². The van der Waals surface area contributed by atoms with Crippen molar-refractivity contribution in [2.24, 2.45) is 0 Å². The molecule has 0 amide bonds. The molecule has 2 rings (SSSR count). The van der Waals surface area contributed by atoms with Gasteiger partial charge in [-0.1, -0.05) is 6.07 Å². The number of aryl methyl sites for hydroxylation is 1. The van der Waals surface area contributed by atoms with Gasteiger partial charge in [-0.3, -0.25) is 0 Å². The maximum Gasteiger partial charge on any atom is 0.178 e. The summed E-state index contributed by atoms with van der Waals surface area (Å²) in [5.74, 6) is 0. The number of nitrogens with one attached hydrogen (secondary N) is 1. The van der Waals surface area contributed by atoms with Crippen LogP contribution in [0, 0.1) is 4.77 Å². The van der Waals surface area contributed by atoms with Crippen molar-refractivity contribution in [3.05, 3.63) is 23.0 Å². The second-order valence-electron chi connectivity index (χ2n) is 4.35. The Balaban J connectivity index is 2.57. The molecule has 0 unspecified atom stereocenters. The molecule has 1 heterocycles. The number of para-hydroxylation sites is 1. The van der Waals surface area contributed by atoms with Crippen LogP contribution in [0.25, 0.3) is 11.0 Å². The molecule has 1 aromatic heterocycles. The van der Waals surface area contributed by atoms with Crippen molar-refractivity contribution in [2.75, 3.05) is 20.0 Å². The number of nitrogens with zero attached hydrogens (tertiary/aromatic N) is 1. The zero-order valence-electron chi connectivity index (χ0n) is 10.8. The van der Waals surface area contributed by atoms with Gasteiger partial charge in [0.1, 0.15) is 0 Å². The zero-order valence-corrected chi connectivity index (χ0v) is 12.5. The number of H-pyrrole nitrogens is 1. The maximum atomic E-state index is 11.7. The Kier molecular flexibility index (Phi) is 4.07. The smallest absolute Gasteiger partial charge is 0.178 e. The lowest BCUT2D eigenvalue weighted by atomic mass is 10.3. The Morgan fingerprint density at radius 3 is 2.79 bits per heavy atom. The summed E-state index contributed by atoms with van der Waals surface area (Å²) in [5, 5.41) is 0. The number of methoxy groups -OCH3 is 1. The quantitative estimate of drug-likeness (QED) is 0.679. The van der Waals surface area contributed by atoms with E-state index in [1.807, 2.05) is 10.6 Å². The summed E-state index contributed by atoms with van der Waals surface area (Å²) in [6.07, 6.45) is 2.02. The monoisotopic (exact) mass is 300 g/mol. The van der Waals surface area contributed by atoms with Crippen molar-refractivity contribution < 1.29 is 13.2 Å². The molecule has 0 aliphatic carbocycles. The fourth-order valence-electron chi connectivity index (χ4n) is 2.05. The molecule has 0 aliphatic heterocycles. The first-order valence-electron chi connectivity index (χ1n) is 5.85. The van der Waals surface area contributed by atoms with Gasteiger partial charge in [0.2, 0.25) is 0 Å². The molecule has 0 saturated heterocycles. The van der Waals surface area contributed by atoms with E-state index in [2.05, 4.69) is 4.98 Å². The van der Waals surface area contributed by atoms with E-state index < -0.39 is 9.84 Å². The summed E-state index contributed by atoms with van der Waals surface area (Å²) < 4.78 is 30.9. The molecule has 1 aromatic carbocycles. The molecule has 7 heteroatoms. The number of fused-ring (bicyclic) bond motifs is 1. The van der Waals surface area contributed by atoms with Gasteiger partial charge in [-0.15, -0.1) is 0 Å². The van der Waals surface area contributed by atoms with Crippen LogP contribution in [0.2, 0.25) is 0 Å². The van der Waals surface area contributed by atoms with E-state index in [0.717, 1.165) is 11.9 Å². The highest BCUT2D eigenvalue weighted by Crippen LogP contribution is 2.22. The number of imidazole rings is 1. The molecule has 5 nitrogen and oxygen atoms in total. The average Bonchev–Trinajstić information content (AvgIpc) is 2.64. The summed E-state index contributed by atoms with van der Waals surface area (Å²) in [4.78, 5) is 3.27. The standard InChI is InChI=1S/C12H16N2O3S2/c1-17-8-4-7-14-9-5-3-6-10(19(2,15)16)11(9)13-12(14)18/h3,5-6H,4,7-8H2,1-2H3,(H,13,18). The van der Waals surface area contributed by atoms with Gasteiger partial charge in [0.25, 0.3) is 0 Å². The number of hydrogen-bond donors (Lipinski definition) is 1. The third kappa shape index (κ3) is 2.88. The fraction of sp³-hybridized carbons (Fsp3) is 0.417. The topological polar surface area (TPSA) is 64.1 Å². The summed E-state index contributed by atoms with van der Waals surface area (Å²) in [6.45, 7) is 1.33. The number of hydrogen-bond acceptors (Lipinski definition) is 4. The molecule has 0 saturated carbocycles. The molecule has 2 aromatic rings. The third-order valence-electron chi connectivity index (χ3n) is 2.90. The Morgan fingerprint density at radius 1 is 1.42 bits per heavy atom. The number of sulfone groups is 1. The molecule has 0 bridgehead atoms. The van der Waals surface area contributed by atoms with Crippen molar-refractivity contribution in [3.8, 4) is 0 Å². The molecule has 1 N–H and O–H groups in total. The minimum absolute atomic E-state index is 0.279. The van der Waals surface area contributed by atoms with E-state index in [-0.39, 0.29) is 4.90 Å². The number of aromatic amines is 1. The Labute approximate surface area is 117 Å². The maximum absolute atomic E-state index is 11.7. The number of aromatic nitrogens is 2. The molecule has 0 spiro atoms. The SMILES string of the molecule is COCCCn1c(=S)[nH]c2c(S(C)(=O)=O)cccc21. The van der Waals surface area contributed by atoms with Crippen LogP contribution in [0.1, 0.15) is 6.42 Å². The van der Waals surface area contributed by atoms with E-state index in [9.17, 15) is 8.42 Å². The van der Waals surface area contributed by atoms with Gasteiger partial charge < -0.3 is 14.3 Å². The summed E-state index contributed by atoms with van der Waals surface area (Å²) in [6, 6.07) is 5.18. The van der Waals surface area contributed by atoms with Crippen molar-refractivity contribution in [1.82, 2.24) is 9.55 Å². The van der Waals surface area contributed by atoms with Gasteiger partial charge in [0.05, 0.1) is 15.9 Å². The van der Waals surface area contributed by atoms with Crippen molar-refractivity contribution in [3.63, 3.8) is 0 Å². The van der Waals surface area contributed by atoms with E-state index in [0.29, 0.717) is 23.4 Å². The Morgan fingerprint density at radius 2 is 2.16 bits per heavy atom. The van der Waals surface area contributed by atoms with Crippen molar-refractivity contribution >= 4 is 33.1 Å². The van der Waals surface area contributed by atoms with Crippen LogP contribution in [0.3, 0.4) is 0 Å². The van der Waals surface area contributed by atoms with Crippen LogP contribution in [0.5, 0.6) is 0 Å². The Hall–Kier alpha value is -1.18.